The molecule has 0 aliphatic rings. The lowest BCUT2D eigenvalue weighted by molar-refractivity contribution is -0.131. The monoisotopic (exact) mass is 382 g/mol. The predicted molar refractivity (Wildman–Crippen MR) is 89.3 cm³/mol. The Morgan fingerprint density at radius 3 is 1.54 bits per heavy atom. The third-order valence-corrected chi connectivity index (χ3v) is 4.10. The molecule has 0 spiro atoms. The number of phosphoric ester groups is 1. The lowest BCUT2D eigenvalue weighted by atomic mass is 10.3. The maximum atomic E-state index is 12.9. The average molecular weight is 382 g/mol. The second kappa shape index (κ2) is 7.28. The van der Waals surface area contributed by atoms with Crippen molar-refractivity contribution >= 4 is 13.8 Å². The highest BCUT2D eigenvalue weighted by atomic mass is 31.2. The first kappa shape index (κ1) is 19.0. The number of carbonyl (C=O) groups is 1. The van der Waals surface area contributed by atoms with Crippen LogP contribution < -0.4 is 9.05 Å². The van der Waals surface area contributed by atoms with Crippen LogP contribution in [0.3, 0.4) is 0 Å². The largest absolute Gasteiger partial charge is 0.650 e. The Labute approximate surface area is 147 Å². The first-order chi connectivity index (χ1) is 12.1. The molecule has 4 N–H and O–H groups in total. The fourth-order valence-corrected chi connectivity index (χ4v) is 2.96. The maximum Gasteiger partial charge on any atom is 0.650 e. The van der Waals surface area contributed by atoms with Crippen LogP contribution in [-0.4, -0.2) is 26.4 Å². The van der Waals surface area contributed by atoms with Crippen LogP contribution in [0.25, 0.3) is 0 Å². The van der Waals surface area contributed by atoms with Crippen molar-refractivity contribution in [1.29, 1.82) is 0 Å². The van der Waals surface area contributed by atoms with Crippen molar-refractivity contribution in [3.63, 3.8) is 0 Å². The minimum atomic E-state index is -4.93. The zero-order valence-electron chi connectivity index (χ0n) is 13.4. The van der Waals surface area contributed by atoms with Crippen molar-refractivity contribution in [3.8, 4) is 34.5 Å². The first-order valence-electron chi connectivity index (χ1n) is 7.03. The molecule has 0 saturated heterocycles. The quantitative estimate of drug-likeness (QED) is 0.437. The average Bonchev–Trinajstić information content (AvgIpc) is 2.55. The zero-order chi connectivity index (χ0) is 19.5. The molecule has 0 fully saturated rings. The molecule has 138 valence electrons. The van der Waals surface area contributed by atoms with Gasteiger partial charge in [-0.2, -0.15) is 4.57 Å². The highest BCUT2D eigenvalue weighted by Gasteiger charge is 2.39. The highest BCUT2D eigenvalue weighted by molar-refractivity contribution is 7.50. The van der Waals surface area contributed by atoms with Gasteiger partial charge in [-0.1, -0.05) is 18.7 Å². The van der Waals surface area contributed by atoms with E-state index in [1.54, 1.807) is 0 Å². The molecule has 2 aromatic rings. The van der Waals surface area contributed by atoms with Crippen molar-refractivity contribution in [2.24, 2.45) is 0 Å². The number of hydrogen-bond donors (Lipinski definition) is 4. The van der Waals surface area contributed by atoms with Crippen LogP contribution >= 0.6 is 7.82 Å². The van der Waals surface area contributed by atoms with Gasteiger partial charge < -0.3 is 34.0 Å². The van der Waals surface area contributed by atoms with Crippen molar-refractivity contribution < 1.29 is 43.4 Å². The Balaban J connectivity index is 2.47. The second-order valence-corrected chi connectivity index (χ2v) is 6.48. The Bertz CT molecular complexity index is 809. The van der Waals surface area contributed by atoms with Crippen LogP contribution in [0.15, 0.2) is 48.6 Å². The molecule has 0 aliphatic heterocycles. The molecule has 0 heterocycles. The summed E-state index contributed by atoms with van der Waals surface area (Å²) in [7, 11) is -4.93. The van der Waals surface area contributed by atoms with Gasteiger partial charge in [-0.25, -0.2) is 4.79 Å². The lowest BCUT2D eigenvalue weighted by Gasteiger charge is -2.20. The van der Waals surface area contributed by atoms with Gasteiger partial charge in [0.15, 0.2) is 23.0 Å². The molecule has 0 unspecified atom stereocenters. The fraction of sp³-hybridized carbons (Fsp3) is 0.0625. The number of phosphoric acid groups is 1. The van der Waals surface area contributed by atoms with Gasteiger partial charge in [-0.15, -0.1) is 0 Å². The van der Waals surface area contributed by atoms with Gasteiger partial charge in [0.25, 0.3) is 0 Å². The molecule has 2 aromatic carbocycles. The van der Waals surface area contributed by atoms with Crippen molar-refractivity contribution in [2.75, 3.05) is 0 Å². The van der Waals surface area contributed by atoms with E-state index in [-0.39, 0.29) is 5.57 Å². The van der Waals surface area contributed by atoms with E-state index < -0.39 is 48.3 Å². The Morgan fingerprint density at radius 2 is 1.23 bits per heavy atom. The summed E-state index contributed by atoms with van der Waals surface area (Å²) in [6.45, 7) is 4.58. The lowest BCUT2D eigenvalue weighted by Crippen LogP contribution is -2.11. The molecule has 0 atom stereocenters. The van der Waals surface area contributed by atoms with Gasteiger partial charge >= 0.3 is 13.8 Å². The number of para-hydroxylation sites is 2. The summed E-state index contributed by atoms with van der Waals surface area (Å²) in [5.74, 6) is -5.05. The Hall–Kier alpha value is -3.32. The van der Waals surface area contributed by atoms with Crippen LogP contribution in [0.2, 0.25) is 0 Å². The number of rotatable bonds is 6. The smallest absolute Gasteiger partial charge is 0.504 e. The SMILES string of the molecule is C=C(C)C(=O)OP(=O)(Oc1c(O)cccc1O)Oc1c(O)cccc1O. The van der Waals surface area contributed by atoms with E-state index in [9.17, 15) is 29.8 Å². The summed E-state index contributed by atoms with van der Waals surface area (Å²) in [6, 6.07) is 6.99. The van der Waals surface area contributed by atoms with Gasteiger partial charge in [-0.05, 0) is 31.2 Å². The van der Waals surface area contributed by atoms with Crippen LogP contribution in [0, 0.1) is 0 Å². The van der Waals surface area contributed by atoms with E-state index in [1.165, 1.54) is 19.1 Å². The number of phenols is 4. The summed E-state index contributed by atoms with van der Waals surface area (Å²) in [5.41, 5.74) is -0.152. The number of aromatic hydroxyl groups is 4. The normalized spacial score (nSPS) is 10.8. The molecule has 0 radical (unpaired) electrons. The standard InChI is InChI=1S/C16H15O9P/c1-9(2)16(21)25-26(22,23-14-10(17)5-3-6-11(14)18)24-15-12(19)7-4-8-13(15)20/h3-8,17-20H,1H2,2H3. The molecule has 26 heavy (non-hydrogen) atoms. The van der Waals surface area contributed by atoms with E-state index >= 15 is 0 Å². The van der Waals surface area contributed by atoms with Gasteiger partial charge in [0, 0.05) is 5.57 Å². The molecule has 2 rings (SSSR count). The van der Waals surface area contributed by atoms with Crippen LogP contribution in [0.1, 0.15) is 6.92 Å². The molecule has 0 amide bonds. The second-order valence-electron chi connectivity index (χ2n) is 5.04. The zero-order valence-corrected chi connectivity index (χ0v) is 14.3. The van der Waals surface area contributed by atoms with E-state index in [4.69, 9.17) is 9.05 Å². The third kappa shape index (κ3) is 4.20. The van der Waals surface area contributed by atoms with Crippen LogP contribution in [0.5, 0.6) is 34.5 Å². The summed E-state index contributed by atoms with van der Waals surface area (Å²) >= 11 is 0. The summed E-state index contributed by atoms with van der Waals surface area (Å²) < 4.78 is 27.4. The minimum Gasteiger partial charge on any atom is -0.504 e. The van der Waals surface area contributed by atoms with Gasteiger partial charge in [0.1, 0.15) is 0 Å². The van der Waals surface area contributed by atoms with Crippen molar-refractivity contribution in [3.05, 3.63) is 48.6 Å². The topological polar surface area (TPSA) is 143 Å². The van der Waals surface area contributed by atoms with Gasteiger partial charge in [0.05, 0.1) is 0 Å². The summed E-state index contributed by atoms with van der Waals surface area (Å²) in [5, 5.41) is 39.0. The third-order valence-electron chi connectivity index (χ3n) is 2.90. The first-order valence-corrected chi connectivity index (χ1v) is 8.49. The molecular formula is C16H15O9P. The van der Waals surface area contributed by atoms with E-state index in [1.807, 2.05) is 0 Å². The molecule has 9 nitrogen and oxygen atoms in total. The molecule has 10 heteroatoms. The van der Waals surface area contributed by atoms with Crippen LogP contribution in [0.4, 0.5) is 0 Å². The maximum absolute atomic E-state index is 12.9. The van der Waals surface area contributed by atoms with E-state index in [0.717, 1.165) is 24.3 Å². The fourth-order valence-electron chi connectivity index (χ4n) is 1.67. The number of phenolic OH excluding ortho intramolecular Hbond substituents is 4. The van der Waals surface area contributed by atoms with Gasteiger partial charge in [0.2, 0.25) is 11.5 Å². The number of benzene rings is 2. The molecule has 0 aromatic heterocycles. The number of carbonyl (C=O) groups excluding carboxylic acids is 1. The number of hydrogen-bond acceptors (Lipinski definition) is 9. The Kier molecular flexibility index (Phi) is 5.33. The molecule has 0 bridgehead atoms. The molecular weight excluding hydrogens is 367 g/mol. The highest BCUT2D eigenvalue weighted by Crippen LogP contribution is 2.56. The summed E-state index contributed by atoms with van der Waals surface area (Å²) in [4.78, 5) is 11.8. The molecule has 0 aliphatic carbocycles. The van der Waals surface area contributed by atoms with E-state index in [0.29, 0.717) is 0 Å². The predicted octanol–water partition coefficient (Wildman–Crippen LogP) is 3.19. The minimum absolute atomic E-state index is 0.152. The summed E-state index contributed by atoms with van der Waals surface area (Å²) in [6.07, 6.45) is 0. The Morgan fingerprint density at radius 1 is 0.885 bits per heavy atom. The van der Waals surface area contributed by atoms with Gasteiger partial charge in [-0.3, -0.25) is 0 Å². The van der Waals surface area contributed by atoms with Crippen LogP contribution in [-0.2, 0) is 13.9 Å². The van der Waals surface area contributed by atoms with Crippen molar-refractivity contribution in [2.45, 2.75) is 6.92 Å². The molecule has 0 saturated carbocycles. The van der Waals surface area contributed by atoms with Crippen molar-refractivity contribution in [1.82, 2.24) is 0 Å². The van der Waals surface area contributed by atoms with E-state index in [2.05, 4.69) is 11.1 Å².